The number of rotatable bonds is 5. The largest absolute Gasteiger partial charge is 0.335 e. The third-order valence-electron chi connectivity index (χ3n) is 6.19. The number of benzene rings is 2. The first-order valence-electron chi connectivity index (χ1n) is 10.5. The molecule has 29 heavy (non-hydrogen) atoms. The molecule has 6 heteroatoms. The van der Waals surface area contributed by atoms with Crippen LogP contribution in [0.4, 0.5) is 5.69 Å². The Balaban J connectivity index is 1.54. The number of amides is 1. The highest BCUT2D eigenvalue weighted by molar-refractivity contribution is 7.93. The Hall–Kier alpha value is -2.34. The molecule has 5 nitrogen and oxygen atoms in total. The summed E-state index contributed by atoms with van der Waals surface area (Å²) in [5, 5.41) is 0. The van der Waals surface area contributed by atoms with Gasteiger partial charge in [0.05, 0.1) is 11.4 Å². The van der Waals surface area contributed by atoms with E-state index in [0.717, 1.165) is 25.8 Å². The number of carbonyl (C=O) groups excluding carboxylic acids is 1. The number of carbonyl (C=O) groups is 1. The quantitative estimate of drug-likeness (QED) is 0.745. The Morgan fingerprint density at radius 1 is 1.03 bits per heavy atom. The van der Waals surface area contributed by atoms with Crippen LogP contribution in [-0.4, -0.2) is 44.1 Å². The van der Waals surface area contributed by atoms with Gasteiger partial charge in [-0.05, 0) is 55.5 Å². The number of anilines is 1. The van der Waals surface area contributed by atoms with Gasteiger partial charge in [-0.2, -0.15) is 0 Å². The van der Waals surface area contributed by atoms with Gasteiger partial charge in [0.25, 0.3) is 5.91 Å². The van der Waals surface area contributed by atoms with Gasteiger partial charge in [0.15, 0.2) is 0 Å². The van der Waals surface area contributed by atoms with Crippen molar-refractivity contribution in [3.8, 4) is 0 Å². The fourth-order valence-electron chi connectivity index (χ4n) is 4.76. The molecule has 2 heterocycles. The summed E-state index contributed by atoms with van der Waals surface area (Å²) in [6, 6.07) is 17.7. The van der Waals surface area contributed by atoms with Gasteiger partial charge in [0.1, 0.15) is 0 Å². The van der Waals surface area contributed by atoms with Crippen molar-refractivity contribution in [2.75, 3.05) is 23.1 Å². The number of nitrogens with zero attached hydrogens (tertiary/aromatic N) is 2. The Bertz CT molecular complexity index is 957. The first-order valence-corrected chi connectivity index (χ1v) is 12.1. The molecule has 0 saturated carbocycles. The fraction of sp³-hybridized carbons (Fsp3) is 0.435. The minimum atomic E-state index is -3.20. The van der Waals surface area contributed by atoms with Gasteiger partial charge in [-0.25, -0.2) is 8.42 Å². The van der Waals surface area contributed by atoms with E-state index < -0.39 is 10.0 Å². The Morgan fingerprint density at radius 2 is 1.76 bits per heavy atom. The van der Waals surface area contributed by atoms with Crippen molar-refractivity contribution in [3.63, 3.8) is 0 Å². The van der Waals surface area contributed by atoms with Crippen LogP contribution in [0, 0.1) is 0 Å². The predicted molar refractivity (Wildman–Crippen MR) is 116 cm³/mol. The van der Waals surface area contributed by atoms with Crippen molar-refractivity contribution in [3.05, 3.63) is 65.7 Å². The number of hydrogen-bond acceptors (Lipinski definition) is 3. The Kier molecular flexibility index (Phi) is 5.63. The van der Waals surface area contributed by atoms with Crippen molar-refractivity contribution in [1.82, 2.24) is 4.90 Å². The van der Waals surface area contributed by atoms with Gasteiger partial charge < -0.3 is 4.90 Å². The van der Waals surface area contributed by atoms with Gasteiger partial charge in [-0.3, -0.25) is 9.10 Å². The molecule has 2 aromatic rings. The summed E-state index contributed by atoms with van der Waals surface area (Å²) < 4.78 is 25.7. The summed E-state index contributed by atoms with van der Waals surface area (Å²) in [4.78, 5) is 15.3. The number of hydrogen-bond donors (Lipinski definition) is 0. The molecule has 2 saturated heterocycles. The standard InChI is InChI=1S/C23H28N2O3S/c1-2-21(18-8-4-3-5-9-18)22-10-6-15-24(22)23(26)19-11-13-20(14-12-19)25-16-7-17-29(25,27)28/h3-5,8-9,11-14,21-22H,2,6-7,10,15-17H2,1H3. The van der Waals surface area contributed by atoms with E-state index in [1.54, 1.807) is 24.3 Å². The zero-order valence-electron chi connectivity index (χ0n) is 16.8. The van der Waals surface area contributed by atoms with Crippen LogP contribution in [0.15, 0.2) is 54.6 Å². The Morgan fingerprint density at radius 3 is 2.38 bits per heavy atom. The minimum Gasteiger partial charge on any atom is -0.335 e. The number of likely N-dealkylation sites (tertiary alicyclic amines) is 1. The van der Waals surface area contributed by atoms with E-state index >= 15 is 0 Å². The average Bonchev–Trinajstić information content (AvgIpc) is 3.35. The average molecular weight is 413 g/mol. The smallest absolute Gasteiger partial charge is 0.254 e. The lowest BCUT2D eigenvalue weighted by Crippen LogP contribution is -2.39. The molecule has 4 rings (SSSR count). The highest BCUT2D eigenvalue weighted by atomic mass is 32.2. The first-order chi connectivity index (χ1) is 14.0. The SMILES string of the molecule is CCC(c1ccccc1)C1CCCN1C(=O)c1ccc(N2CCCS2(=O)=O)cc1. The molecule has 0 aromatic heterocycles. The molecule has 2 unspecified atom stereocenters. The van der Waals surface area contributed by atoms with E-state index in [1.165, 1.54) is 9.87 Å². The summed E-state index contributed by atoms with van der Waals surface area (Å²) in [5.74, 6) is 0.565. The monoisotopic (exact) mass is 412 g/mol. The molecular formula is C23H28N2O3S. The Labute approximate surface area is 173 Å². The molecule has 154 valence electrons. The fourth-order valence-corrected chi connectivity index (χ4v) is 6.32. The van der Waals surface area contributed by atoms with Crippen LogP contribution >= 0.6 is 0 Å². The third kappa shape index (κ3) is 3.90. The van der Waals surface area contributed by atoms with Gasteiger partial charge in [-0.15, -0.1) is 0 Å². The summed E-state index contributed by atoms with van der Waals surface area (Å²) in [5.41, 5.74) is 2.56. The second-order valence-electron chi connectivity index (χ2n) is 7.92. The van der Waals surface area contributed by atoms with Crippen LogP contribution in [0.5, 0.6) is 0 Å². The summed E-state index contributed by atoms with van der Waals surface area (Å²) in [6.07, 6.45) is 3.67. The van der Waals surface area contributed by atoms with Crippen molar-refractivity contribution in [2.24, 2.45) is 0 Å². The summed E-state index contributed by atoms with van der Waals surface area (Å²) >= 11 is 0. The molecule has 0 bridgehead atoms. The van der Waals surface area contributed by atoms with Crippen molar-refractivity contribution < 1.29 is 13.2 Å². The molecule has 2 aliphatic rings. The third-order valence-corrected chi connectivity index (χ3v) is 8.06. The van der Waals surface area contributed by atoms with Crippen molar-refractivity contribution >= 4 is 21.6 Å². The lowest BCUT2D eigenvalue weighted by molar-refractivity contribution is 0.0714. The molecule has 2 aliphatic heterocycles. The van der Waals surface area contributed by atoms with E-state index in [1.807, 2.05) is 11.0 Å². The predicted octanol–water partition coefficient (Wildman–Crippen LogP) is 4.02. The first kappa shape index (κ1) is 20.0. The van der Waals surface area contributed by atoms with Crippen LogP contribution in [0.3, 0.4) is 0 Å². The zero-order chi connectivity index (χ0) is 20.4. The number of sulfonamides is 1. The highest BCUT2D eigenvalue weighted by Gasteiger charge is 2.35. The van der Waals surface area contributed by atoms with Crippen LogP contribution in [-0.2, 0) is 10.0 Å². The highest BCUT2D eigenvalue weighted by Crippen LogP contribution is 2.34. The second kappa shape index (κ2) is 8.19. The van der Waals surface area contributed by atoms with E-state index in [-0.39, 0.29) is 17.7 Å². The molecule has 2 fully saturated rings. The van der Waals surface area contributed by atoms with E-state index in [2.05, 4.69) is 31.2 Å². The topological polar surface area (TPSA) is 57.7 Å². The maximum absolute atomic E-state index is 13.3. The normalized spacial score (nSPS) is 22.0. The van der Waals surface area contributed by atoms with Gasteiger partial charge >= 0.3 is 0 Å². The van der Waals surface area contributed by atoms with Gasteiger partial charge in [0, 0.05) is 30.6 Å². The van der Waals surface area contributed by atoms with Crippen LogP contribution in [0.25, 0.3) is 0 Å². The zero-order valence-corrected chi connectivity index (χ0v) is 17.6. The molecule has 0 aliphatic carbocycles. The molecule has 0 spiro atoms. The lowest BCUT2D eigenvalue weighted by atomic mass is 9.87. The lowest BCUT2D eigenvalue weighted by Gasteiger charge is -2.32. The van der Waals surface area contributed by atoms with Crippen molar-refractivity contribution in [2.45, 2.75) is 44.6 Å². The molecule has 0 radical (unpaired) electrons. The van der Waals surface area contributed by atoms with E-state index in [9.17, 15) is 13.2 Å². The maximum atomic E-state index is 13.3. The molecule has 2 atom stereocenters. The van der Waals surface area contributed by atoms with Crippen LogP contribution < -0.4 is 4.31 Å². The summed E-state index contributed by atoms with van der Waals surface area (Å²) in [6.45, 7) is 3.47. The van der Waals surface area contributed by atoms with E-state index in [4.69, 9.17) is 0 Å². The minimum absolute atomic E-state index is 0.0395. The summed E-state index contributed by atoms with van der Waals surface area (Å²) in [7, 11) is -3.20. The maximum Gasteiger partial charge on any atom is 0.254 e. The second-order valence-corrected chi connectivity index (χ2v) is 9.93. The van der Waals surface area contributed by atoms with Gasteiger partial charge in [0.2, 0.25) is 10.0 Å². The molecule has 1 amide bonds. The molecule has 2 aromatic carbocycles. The van der Waals surface area contributed by atoms with Crippen molar-refractivity contribution in [1.29, 1.82) is 0 Å². The molecule has 0 N–H and O–H groups in total. The van der Waals surface area contributed by atoms with Crippen LogP contribution in [0.1, 0.15) is 54.4 Å². The van der Waals surface area contributed by atoms with Gasteiger partial charge in [-0.1, -0.05) is 37.3 Å². The van der Waals surface area contributed by atoms with Crippen LogP contribution in [0.2, 0.25) is 0 Å². The van der Waals surface area contributed by atoms with E-state index in [0.29, 0.717) is 30.1 Å². The molecular weight excluding hydrogens is 384 g/mol.